The SMILES string of the molecule is CCCc1nc(C(=O)N2CCNC[C@H]2C(=O)N2CCN(C)CC2)cs1. The highest BCUT2D eigenvalue weighted by Crippen LogP contribution is 2.17. The van der Waals surface area contributed by atoms with Crippen LogP contribution in [-0.4, -0.2) is 90.4 Å². The van der Waals surface area contributed by atoms with E-state index in [9.17, 15) is 9.59 Å². The van der Waals surface area contributed by atoms with Gasteiger partial charge in [0.2, 0.25) is 5.91 Å². The Bertz CT molecular complexity index is 612. The second-order valence-electron chi connectivity index (χ2n) is 6.72. The van der Waals surface area contributed by atoms with Gasteiger partial charge in [0, 0.05) is 51.2 Å². The summed E-state index contributed by atoms with van der Waals surface area (Å²) in [5.74, 6) is -0.0646. The molecule has 1 aromatic heterocycles. The minimum atomic E-state index is -0.430. The van der Waals surface area contributed by atoms with Crippen molar-refractivity contribution in [2.75, 3.05) is 52.9 Å². The number of rotatable bonds is 4. The van der Waals surface area contributed by atoms with Crippen LogP contribution in [0.5, 0.6) is 0 Å². The van der Waals surface area contributed by atoms with Crippen molar-refractivity contribution in [2.24, 2.45) is 0 Å². The van der Waals surface area contributed by atoms with Crippen LogP contribution in [0.4, 0.5) is 0 Å². The number of nitrogens with one attached hydrogen (secondary N) is 1. The van der Waals surface area contributed by atoms with Crippen LogP contribution in [-0.2, 0) is 11.2 Å². The smallest absolute Gasteiger partial charge is 0.274 e. The Labute approximate surface area is 153 Å². The predicted molar refractivity (Wildman–Crippen MR) is 97.9 cm³/mol. The summed E-state index contributed by atoms with van der Waals surface area (Å²) in [5, 5.41) is 6.07. The van der Waals surface area contributed by atoms with Crippen LogP contribution in [0.15, 0.2) is 5.38 Å². The van der Waals surface area contributed by atoms with Crippen molar-refractivity contribution in [3.8, 4) is 0 Å². The van der Waals surface area contributed by atoms with Crippen LogP contribution < -0.4 is 5.32 Å². The molecule has 25 heavy (non-hydrogen) atoms. The molecule has 2 saturated heterocycles. The molecule has 1 aromatic rings. The Morgan fingerprint density at radius 3 is 2.76 bits per heavy atom. The van der Waals surface area contributed by atoms with Gasteiger partial charge in [0.05, 0.1) is 5.01 Å². The summed E-state index contributed by atoms with van der Waals surface area (Å²) in [6.07, 6.45) is 1.91. The molecule has 0 spiro atoms. The molecule has 1 N–H and O–H groups in total. The van der Waals surface area contributed by atoms with Crippen molar-refractivity contribution in [1.82, 2.24) is 25.0 Å². The lowest BCUT2D eigenvalue weighted by Crippen LogP contribution is -2.62. The summed E-state index contributed by atoms with van der Waals surface area (Å²) >= 11 is 1.53. The first kappa shape index (κ1) is 18.3. The highest BCUT2D eigenvalue weighted by atomic mass is 32.1. The molecule has 0 bridgehead atoms. The molecule has 0 aromatic carbocycles. The second-order valence-corrected chi connectivity index (χ2v) is 7.67. The van der Waals surface area contributed by atoms with Gasteiger partial charge in [-0.2, -0.15) is 0 Å². The molecule has 2 aliphatic rings. The number of hydrogen-bond donors (Lipinski definition) is 1. The van der Waals surface area contributed by atoms with E-state index in [0.29, 0.717) is 25.3 Å². The zero-order valence-corrected chi connectivity index (χ0v) is 15.8. The maximum Gasteiger partial charge on any atom is 0.274 e. The van der Waals surface area contributed by atoms with Crippen LogP contribution in [0.2, 0.25) is 0 Å². The third-order valence-electron chi connectivity index (χ3n) is 4.84. The Morgan fingerprint density at radius 2 is 2.04 bits per heavy atom. The van der Waals surface area contributed by atoms with Gasteiger partial charge in [-0.05, 0) is 19.9 Å². The van der Waals surface area contributed by atoms with Gasteiger partial charge < -0.3 is 20.0 Å². The molecule has 7 nitrogen and oxygen atoms in total. The number of nitrogens with zero attached hydrogens (tertiary/aromatic N) is 4. The van der Waals surface area contributed by atoms with Gasteiger partial charge in [-0.25, -0.2) is 4.98 Å². The lowest BCUT2D eigenvalue weighted by atomic mass is 10.1. The van der Waals surface area contributed by atoms with Crippen molar-refractivity contribution in [3.05, 3.63) is 16.1 Å². The van der Waals surface area contributed by atoms with E-state index in [-0.39, 0.29) is 11.8 Å². The van der Waals surface area contributed by atoms with Crippen LogP contribution in [0.1, 0.15) is 28.8 Å². The fraction of sp³-hybridized carbons (Fsp3) is 0.706. The lowest BCUT2D eigenvalue weighted by Gasteiger charge is -2.40. The average molecular weight is 366 g/mol. The molecule has 8 heteroatoms. The molecule has 0 aliphatic carbocycles. The number of likely N-dealkylation sites (N-methyl/N-ethyl adjacent to an activating group) is 1. The lowest BCUT2D eigenvalue weighted by molar-refractivity contribution is -0.138. The van der Waals surface area contributed by atoms with E-state index >= 15 is 0 Å². The number of carbonyl (C=O) groups excluding carboxylic acids is 2. The maximum absolute atomic E-state index is 13.0. The summed E-state index contributed by atoms with van der Waals surface area (Å²) in [4.78, 5) is 36.2. The first-order chi connectivity index (χ1) is 12.1. The third-order valence-corrected chi connectivity index (χ3v) is 5.75. The molecule has 3 heterocycles. The number of hydrogen-bond acceptors (Lipinski definition) is 6. The highest BCUT2D eigenvalue weighted by Gasteiger charge is 2.36. The minimum Gasteiger partial charge on any atom is -0.338 e. The zero-order chi connectivity index (χ0) is 17.8. The van der Waals surface area contributed by atoms with E-state index in [4.69, 9.17) is 0 Å². The van der Waals surface area contributed by atoms with Crippen LogP contribution in [0, 0.1) is 0 Å². The zero-order valence-electron chi connectivity index (χ0n) is 15.0. The highest BCUT2D eigenvalue weighted by molar-refractivity contribution is 7.09. The van der Waals surface area contributed by atoms with Crippen LogP contribution in [0.3, 0.4) is 0 Å². The van der Waals surface area contributed by atoms with Crippen LogP contribution in [0.25, 0.3) is 0 Å². The summed E-state index contributed by atoms with van der Waals surface area (Å²) in [6, 6.07) is -0.430. The molecular weight excluding hydrogens is 338 g/mol. The van der Waals surface area contributed by atoms with Gasteiger partial charge in [0.1, 0.15) is 11.7 Å². The number of thiazole rings is 1. The number of amides is 2. The molecule has 1 atom stereocenters. The van der Waals surface area contributed by atoms with Crippen molar-refractivity contribution in [2.45, 2.75) is 25.8 Å². The Kier molecular flexibility index (Phi) is 6.03. The molecule has 2 amide bonds. The van der Waals surface area contributed by atoms with Crippen molar-refractivity contribution in [1.29, 1.82) is 0 Å². The van der Waals surface area contributed by atoms with E-state index in [0.717, 1.165) is 44.0 Å². The fourth-order valence-electron chi connectivity index (χ4n) is 3.29. The van der Waals surface area contributed by atoms with Gasteiger partial charge in [-0.15, -0.1) is 11.3 Å². The molecule has 2 aliphatic heterocycles. The van der Waals surface area contributed by atoms with E-state index < -0.39 is 6.04 Å². The maximum atomic E-state index is 13.0. The van der Waals surface area contributed by atoms with Gasteiger partial charge >= 0.3 is 0 Å². The Morgan fingerprint density at radius 1 is 1.28 bits per heavy atom. The number of carbonyl (C=O) groups is 2. The van der Waals surface area contributed by atoms with E-state index in [1.165, 1.54) is 11.3 Å². The predicted octanol–water partition coefficient (Wildman–Crippen LogP) is 0.284. The van der Waals surface area contributed by atoms with Crippen molar-refractivity contribution >= 4 is 23.2 Å². The first-order valence-corrected chi connectivity index (χ1v) is 9.91. The fourth-order valence-corrected chi connectivity index (χ4v) is 4.16. The monoisotopic (exact) mass is 365 g/mol. The summed E-state index contributed by atoms with van der Waals surface area (Å²) < 4.78 is 0. The van der Waals surface area contributed by atoms with Gasteiger partial charge in [-0.3, -0.25) is 9.59 Å². The average Bonchev–Trinajstić information content (AvgIpc) is 3.10. The van der Waals surface area contributed by atoms with Crippen molar-refractivity contribution < 1.29 is 9.59 Å². The number of aryl methyl sites for hydroxylation is 1. The Balaban J connectivity index is 1.71. The van der Waals surface area contributed by atoms with E-state index in [1.54, 1.807) is 4.90 Å². The van der Waals surface area contributed by atoms with Gasteiger partial charge in [0.25, 0.3) is 5.91 Å². The number of piperazine rings is 2. The molecule has 138 valence electrons. The topological polar surface area (TPSA) is 68.8 Å². The van der Waals surface area contributed by atoms with Crippen LogP contribution >= 0.6 is 11.3 Å². The van der Waals surface area contributed by atoms with E-state index in [1.807, 2.05) is 10.3 Å². The van der Waals surface area contributed by atoms with Crippen molar-refractivity contribution in [3.63, 3.8) is 0 Å². The summed E-state index contributed by atoms with van der Waals surface area (Å²) in [7, 11) is 2.07. The number of aromatic nitrogens is 1. The molecule has 0 saturated carbocycles. The summed E-state index contributed by atoms with van der Waals surface area (Å²) in [6.45, 7) is 7.09. The van der Waals surface area contributed by atoms with Gasteiger partial charge in [0.15, 0.2) is 0 Å². The molecule has 0 radical (unpaired) electrons. The third kappa shape index (κ3) is 4.19. The normalized spacial score (nSPS) is 22.2. The second kappa shape index (κ2) is 8.25. The molecule has 0 unspecified atom stereocenters. The Hall–Kier alpha value is -1.51. The first-order valence-electron chi connectivity index (χ1n) is 9.03. The summed E-state index contributed by atoms with van der Waals surface area (Å²) in [5.41, 5.74) is 0.478. The minimum absolute atomic E-state index is 0.0534. The molecule has 2 fully saturated rings. The largest absolute Gasteiger partial charge is 0.338 e. The molecular formula is C17H27N5O2S. The van der Waals surface area contributed by atoms with Gasteiger partial charge in [-0.1, -0.05) is 6.92 Å². The standard InChI is InChI=1S/C17H27N5O2S/c1-3-4-15-19-13(12-25-15)16(23)22-6-5-18-11-14(22)17(24)21-9-7-20(2)8-10-21/h12,14,18H,3-11H2,1-2H3/t14-/m0/s1. The quantitative estimate of drug-likeness (QED) is 0.830. The molecule has 3 rings (SSSR count). The van der Waals surface area contributed by atoms with E-state index in [2.05, 4.69) is 29.2 Å².